The molecule has 0 aliphatic heterocycles. The van der Waals surface area contributed by atoms with Crippen LogP contribution in [-0.2, 0) is 57.3 Å². The Morgan fingerprint density at radius 1 is 0.395 bits per heavy atom. The number of carboxylic acids is 1. The Morgan fingerprint density at radius 2 is 0.723 bits per heavy atom. The van der Waals surface area contributed by atoms with Crippen LogP contribution in [-0.4, -0.2) is 128 Å². The predicted molar refractivity (Wildman–Crippen MR) is 476 cm³/mol. The van der Waals surface area contributed by atoms with Gasteiger partial charge in [-0.15, -0.1) is 0 Å². The van der Waals surface area contributed by atoms with Crippen molar-refractivity contribution in [3.8, 4) is 0 Å². The summed E-state index contributed by atoms with van der Waals surface area (Å²) < 4.78 is 19.4. The molecule has 0 bridgehead atoms. The van der Waals surface area contributed by atoms with Gasteiger partial charge in [-0.3, -0.25) is 43.7 Å². The summed E-state index contributed by atoms with van der Waals surface area (Å²) in [6, 6.07) is 0.717. The van der Waals surface area contributed by atoms with Crippen LogP contribution in [0.15, 0.2) is 24.3 Å². The van der Waals surface area contributed by atoms with Crippen LogP contribution in [0.5, 0.6) is 0 Å². The van der Waals surface area contributed by atoms with Crippen LogP contribution < -0.4 is 34.8 Å². The van der Waals surface area contributed by atoms with Gasteiger partial charge in [-0.2, -0.15) is 0 Å². The van der Waals surface area contributed by atoms with E-state index in [2.05, 4.69) is 105 Å². The molecule has 8 saturated carbocycles. The summed E-state index contributed by atoms with van der Waals surface area (Å²) in [7, 11) is 0. The second kappa shape index (κ2) is 58.1. The number of hydrogen-bond donors (Lipinski definition) is 4. The Kier molecular flexibility index (Phi) is 52.3. The van der Waals surface area contributed by atoms with Gasteiger partial charge in [0.2, 0.25) is 17.7 Å². The molecule has 0 heterocycles. The number of carbonyl (C=O) groups excluding carboxylic acids is 7. The van der Waals surface area contributed by atoms with Gasteiger partial charge in [0.1, 0.15) is 13.1 Å². The van der Waals surface area contributed by atoms with Crippen molar-refractivity contribution in [3.63, 3.8) is 0 Å². The van der Waals surface area contributed by atoms with E-state index in [4.69, 9.17) is 9.47 Å². The smallest absolute Gasteiger partial charge is 0.870 e. The maximum atomic E-state index is 13.4. The van der Waals surface area contributed by atoms with E-state index in [1.807, 2.05) is 0 Å². The monoisotopic (exact) mass is 1660 g/mol. The van der Waals surface area contributed by atoms with Crippen LogP contribution in [0, 0.1) is 92.7 Å². The molecular formula is C100H175LiN4O14. The molecule has 5 N–H and O–H groups in total. The number of allylic oxidation sites excluding steroid dienone is 4. The van der Waals surface area contributed by atoms with Gasteiger partial charge in [0.05, 0.1) is 39.5 Å². The Hall–Kier alpha value is -4.24. The summed E-state index contributed by atoms with van der Waals surface area (Å²) in [5.74, 6) is 6.42. The SMILES string of the molecule is CCCCCCCC/C=C\CCCCCCCC(=O)N[C@H]1CC[C@@]2(C)C(CCC3C2CC[C@@]2(C)C3CC[C@@H]2C(C)CCC(=O)N(CC(=O)OCC)CC(=O)OCC)C1.CCCCCCCC/C=C\CCCCCCCC(=O)N[C@H]1CC[C@@]2(C)C(CCC3C2CC[C@@]2(C)C3CC[C@@H]2C(C)CCC(=O)O)C1.CCOC(=O)CNCC(=O)OCC.[Li+].[OH-]. The van der Waals surface area contributed by atoms with E-state index in [1.165, 1.54) is 249 Å². The fourth-order valence-corrected chi connectivity index (χ4v) is 25.0. The second-order valence-corrected chi connectivity index (χ2v) is 39.0. The molecular weight excluding hydrogens is 1490 g/mol. The van der Waals surface area contributed by atoms with E-state index in [9.17, 15) is 43.5 Å². The number of carboxylic acid groups (broad SMARTS) is 1. The Bertz CT molecular complexity index is 2930. The van der Waals surface area contributed by atoms with Gasteiger partial charge in [-0.05, 0) is 313 Å². The molecule has 3 amide bonds. The van der Waals surface area contributed by atoms with Crippen LogP contribution >= 0.6 is 0 Å². The van der Waals surface area contributed by atoms with Crippen LogP contribution in [0.2, 0.25) is 0 Å². The first kappa shape index (κ1) is 107. The fourth-order valence-electron chi connectivity index (χ4n) is 25.0. The predicted octanol–water partition coefficient (Wildman–Crippen LogP) is 19.7. The zero-order valence-electron chi connectivity index (χ0n) is 78.1. The minimum absolute atomic E-state index is 0. The molecule has 0 aromatic heterocycles. The number of hydrogen-bond acceptors (Lipinski definition) is 14. The summed E-state index contributed by atoms with van der Waals surface area (Å²) in [6.45, 7) is 27.3. The van der Waals surface area contributed by atoms with E-state index in [-0.39, 0.29) is 92.9 Å². The number of ether oxygens (including phenoxy) is 4. The molecule has 0 aromatic rings. The molecule has 8 aliphatic rings. The molecule has 680 valence electrons. The van der Waals surface area contributed by atoms with Crippen LogP contribution in [0.25, 0.3) is 0 Å². The molecule has 18 nitrogen and oxygen atoms in total. The number of unbranched alkanes of at least 4 members (excludes halogenated alkanes) is 22. The van der Waals surface area contributed by atoms with Crippen molar-refractivity contribution < 1.29 is 86.7 Å². The fraction of sp³-hybridized carbons (Fsp3) is 0.880. The maximum Gasteiger partial charge on any atom is 1.00 e. The average Bonchev–Trinajstić information content (AvgIpc) is 1.67. The van der Waals surface area contributed by atoms with Gasteiger partial charge in [-0.1, -0.05) is 182 Å². The van der Waals surface area contributed by atoms with Crippen molar-refractivity contribution in [1.29, 1.82) is 0 Å². The van der Waals surface area contributed by atoms with Gasteiger partial charge in [0.25, 0.3) is 0 Å². The van der Waals surface area contributed by atoms with Gasteiger partial charge in [-0.25, -0.2) is 0 Å². The van der Waals surface area contributed by atoms with Crippen molar-refractivity contribution in [1.82, 2.24) is 20.9 Å². The minimum atomic E-state index is -0.642. The van der Waals surface area contributed by atoms with E-state index < -0.39 is 17.9 Å². The summed E-state index contributed by atoms with van der Waals surface area (Å²) in [5.41, 5.74) is 1.49. The topological polar surface area (TPSA) is 263 Å². The number of esters is 4. The molecule has 8 fully saturated rings. The zero-order chi connectivity index (χ0) is 85.1. The molecule has 0 radical (unpaired) electrons. The minimum Gasteiger partial charge on any atom is -0.870 e. The molecule has 10 unspecified atom stereocenters. The number of amides is 3. The number of fused-ring (bicyclic) bond motifs is 10. The number of aliphatic carboxylic acids is 1. The average molecular weight is 1660 g/mol. The number of rotatable bonds is 52. The van der Waals surface area contributed by atoms with Gasteiger partial charge in [0, 0.05) is 37.8 Å². The van der Waals surface area contributed by atoms with Crippen molar-refractivity contribution in [2.45, 2.75) is 416 Å². The summed E-state index contributed by atoms with van der Waals surface area (Å²) >= 11 is 0. The van der Waals surface area contributed by atoms with E-state index in [0.29, 0.717) is 103 Å². The zero-order valence-corrected chi connectivity index (χ0v) is 78.1. The van der Waals surface area contributed by atoms with Gasteiger partial charge >= 0.3 is 48.7 Å². The molecule has 18 atom stereocenters. The molecule has 8 rings (SSSR count). The summed E-state index contributed by atoms with van der Waals surface area (Å²) in [5, 5.41) is 18.8. The normalized spacial score (nSPS) is 28.8. The molecule has 0 aromatic carbocycles. The molecule has 0 spiro atoms. The van der Waals surface area contributed by atoms with Crippen molar-refractivity contribution >= 4 is 47.6 Å². The molecule has 19 heteroatoms. The number of nitrogens with one attached hydrogen (secondary N) is 3. The van der Waals surface area contributed by atoms with Crippen LogP contribution in [0.1, 0.15) is 404 Å². The first-order valence-electron chi connectivity index (χ1n) is 49.1. The molecule has 119 heavy (non-hydrogen) atoms. The number of carbonyl (C=O) groups is 8. The third-order valence-corrected chi connectivity index (χ3v) is 31.3. The van der Waals surface area contributed by atoms with E-state index in [1.54, 1.807) is 27.7 Å². The first-order valence-corrected chi connectivity index (χ1v) is 49.1. The quantitative estimate of drug-likeness (QED) is 0.0145. The van der Waals surface area contributed by atoms with Crippen LogP contribution in [0.4, 0.5) is 0 Å². The summed E-state index contributed by atoms with van der Waals surface area (Å²) in [4.78, 5) is 97.9. The van der Waals surface area contributed by atoms with Crippen molar-refractivity contribution in [2.24, 2.45) is 92.7 Å². The Labute approximate surface area is 736 Å². The standard InChI is InChI=1S/C50H86N2O6.C42H73NO3.C8H15NO4.Li.H2O/c1-7-10-11-12-13-14-15-16-17-18-19-20-21-22-23-24-45(53)51-40-31-33-49(5)39(35-40)26-27-41-43-29-28-42(50(43,6)34-32-44(41)49)38(4)25-30-46(54)52(36-47(55)57-8-2)37-48(56)58-9-3;1-5-6-7-8-9-10-11-12-13-14-15-16-17-18-19-20-39(44)43-34-27-29-41(3)33(31-34)22-23-35-37-25-24-36(32(2)21-26-40(45)46)42(37,4)30-28-38(35)41;1-3-12-7(10)5-9-6-8(11)13-4-2;;/h16-17,38-44H,7-15,18-37H2,1-6H3,(H,51,53);12-13,32-38H,5-11,14-31H2,1-4H3,(H,43,44)(H,45,46);9H,3-6H2,1-2H3;;1H2/q;;;+1;/p-1/b17-16-;13-12-;;;/t38?,39?,40-,41?,42+,43?,44?,49-,50+;32?,33?,34-,35?,36+,37?,38?,41-,42+;;;/m00.../s1. The number of nitrogens with zero attached hydrogens (tertiary/aromatic N) is 1. The Balaban J connectivity index is 0.000000435. The Morgan fingerprint density at radius 3 is 1.08 bits per heavy atom. The first-order chi connectivity index (χ1) is 56.3. The van der Waals surface area contributed by atoms with Gasteiger partial charge < -0.3 is 45.1 Å². The maximum absolute atomic E-state index is 13.4. The molecule has 8 aliphatic carbocycles. The van der Waals surface area contributed by atoms with Crippen molar-refractivity contribution in [3.05, 3.63) is 24.3 Å². The van der Waals surface area contributed by atoms with Crippen molar-refractivity contribution in [2.75, 3.05) is 52.6 Å². The van der Waals surface area contributed by atoms with Crippen LogP contribution in [0.3, 0.4) is 0 Å². The third-order valence-electron chi connectivity index (χ3n) is 31.3. The third kappa shape index (κ3) is 34.9. The van der Waals surface area contributed by atoms with Gasteiger partial charge in [0.15, 0.2) is 0 Å². The van der Waals surface area contributed by atoms with E-state index >= 15 is 0 Å². The largest absolute Gasteiger partial charge is 1.00 e. The molecule has 0 saturated heterocycles. The summed E-state index contributed by atoms with van der Waals surface area (Å²) in [6.07, 6.45) is 69.4. The van der Waals surface area contributed by atoms with E-state index in [0.717, 1.165) is 92.8 Å². The second-order valence-electron chi connectivity index (χ2n) is 39.0.